The molecule has 0 bridgehead atoms. The van der Waals surface area contributed by atoms with Crippen LogP contribution >= 0.6 is 0 Å². The normalized spacial score (nSPS) is 31.8. The van der Waals surface area contributed by atoms with Crippen LogP contribution in [0.4, 0.5) is 0 Å². The van der Waals surface area contributed by atoms with Gasteiger partial charge in [0.1, 0.15) is 0 Å². The van der Waals surface area contributed by atoms with Crippen molar-refractivity contribution in [2.24, 2.45) is 17.1 Å². The molecule has 1 heterocycles. The third kappa shape index (κ3) is 0.789. The average molecular weight is 140 g/mol. The zero-order valence-electron chi connectivity index (χ0n) is 6.64. The molecule has 0 atom stereocenters. The van der Waals surface area contributed by atoms with Crippen LogP contribution in [0.25, 0.3) is 0 Å². The van der Waals surface area contributed by atoms with Gasteiger partial charge in [0.2, 0.25) is 0 Å². The highest BCUT2D eigenvalue weighted by atomic mass is 15.2. The van der Waals surface area contributed by atoms with Crippen LogP contribution < -0.4 is 5.73 Å². The van der Waals surface area contributed by atoms with E-state index in [9.17, 15) is 0 Å². The van der Waals surface area contributed by atoms with E-state index in [0.717, 1.165) is 17.9 Å². The van der Waals surface area contributed by atoms with Gasteiger partial charge in [0.05, 0.1) is 0 Å². The minimum Gasteiger partial charge on any atom is -0.330 e. The van der Waals surface area contributed by atoms with Gasteiger partial charge in [0, 0.05) is 13.1 Å². The Balaban J connectivity index is 1.80. The van der Waals surface area contributed by atoms with E-state index < -0.39 is 0 Å². The molecule has 0 aromatic rings. The van der Waals surface area contributed by atoms with Crippen LogP contribution in [0.5, 0.6) is 0 Å². The Morgan fingerprint density at radius 2 is 2.10 bits per heavy atom. The molecule has 1 aliphatic heterocycles. The molecule has 58 valence electrons. The predicted molar refractivity (Wildman–Crippen MR) is 41.7 cm³/mol. The van der Waals surface area contributed by atoms with Crippen molar-refractivity contribution < 1.29 is 0 Å². The highest BCUT2D eigenvalue weighted by Gasteiger charge is 2.50. The second kappa shape index (κ2) is 1.95. The Kier molecular flexibility index (Phi) is 1.29. The van der Waals surface area contributed by atoms with Crippen LogP contribution in [-0.4, -0.2) is 31.6 Å². The van der Waals surface area contributed by atoms with Crippen molar-refractivity contribution in [1.82, 2.24) is 4.90 Å². The summed E-state index contributed by atoms with van der Waals surface area (Å²) in [5.41, 5.74) is 6.29. The van der Waals surface area contributed by atoms with Crippen LogP contribution in [0, 0.1) is 11.3 Å². The summed E-state index contributed by atoms with van der Waals surface area (Å²) in [7, 11) is 2.20. The summed E-state index contributed by atoms with van der Waals surface area (Å²) in [5, 5.41) is 0. The van der Waals surface area contributed by atoms with Gasteiger partial charge >= 0.3 is 0 Å². The summed E-state index contributed by atoms with van der Waals surface area (Å²) < 4.78 is 0. The molecule has 1 spiro atoms. The van der Waals surface area contributed by atoms with Gasteiger partial charge in [0.15, 0.2) is 0 Å². The quantitative estimate of drug-likeness (QED) is 0.567. The van der Waals surface area contributed by atoms with E-state index in [1.807, 2.05) is 0 Å². The minimum absolute atomic E-state index is 0.735. The second-order valence-corrected chi connectivity index (χ2v) is 4.18. The lowest BCUT2D eigenvalue weighted by molar-refractivity contribution is -0.0784. The highest BCUT2D eigenvalue weighted by molar-refractivity contribution is 5.03. The van der Waals surface area contributed by atoms with Gasteiger partial charge in [-0.3, -0.25) is 0 Å². The summed E-state index contributed by atoms with van der Waals surface area (Å²) in [6.45, 7) is 3.55. The van der Waals surface area contributed by atoms with Crippen LogP contribution in [0.3, 0.4) is 0 Å². The molecule has 2 aliphatic rings. The maximum Gasteiger partial charge on any atom is 0.00476 e. The summed E-state index contributed by atoms with van der Waals surface area (Å²) in [4.78, 5) is 2.40. The molecule has 2 N–H and O–H groups in total. The van der Waals surface area contributed by atoms with Gasteiger partial charge in [-0.1, -0.05) is 0 Å². The van der Waals surface area contributed by atoms with Crippen molar-refractivity contribution in [3.8, 4) is 0 Å². The molecule has 0 radical (unpaired) electrons. The van der Waals surface area contributed by atoms with Crippen molar-refractivity contribution in [2.45, 2.75) is 12.8 Å². The van der Waals surface area contributed by atoms with Gasteiger partial charge in [-0.25, -0.2) is 0 Å². The topological polar surface area (TPSA) is 29.3 Å². The van der Waals surface area contributed by atoms with Crippen molar-refractivity contribution >= 4 is 0 Å². The Hall–Kier alpha value is -0.0800. The zero-order valence-corrected chi connectivity index (χ0v) is 6.64. The molecular formula is C8H16N2. The number of nitrogens with two attached hydrogens (primary N) is 1. The first kappa shape index (κ1) is 6.62. The van der Waals surface area contributed by atoms with Crippen molar-refractivity contribution in [3.63, 3.8) is 0 Å². The SMILES string of the molecule is CN1CC2(CC(CN)C2)C1. The first-order chi connectivity index (χ1) is 4.74. The Morgan fingerprint density at radius 3 is 2.50 bits per heavy atom. The maximum absolute atomic E-state index is 5.55. The standard InChI is InChI=1S/C8H16N2/c1-10-5-8(6-10)2-7(3-8)4-9/h7H,2-6,9H2,1H3. The highest BCUT2D eigenvalue weighted by Crippen LogP contribution is 2.50. The number of nitrogens with zero attached hydrogens (tertiary/aromatic N) is 1. The lowest BCUT2D eigenvalue weighted by Crippen LogP contribution is -2.61. The first-order valence-corrected chi connectivity index (χ1v) is 4.13. The van der Waals surface area contributed by atoms with Crippen molar-refractivity contribution in [2.75, 3.05) is 26.7 Å². The molecule has 0 unspecified atom stereocenters. The molecule has 1 saturated carbocycles. The van der Waals surface area contributed by atoms with E-state index in [0.29, 0.717) is 0 Å². The van der Waals surface area contributed by atoms with Gasteiger partial charge in [0.25, 0.3) is 0 Å². The minimum atomic E-state index is 0.735. The fourth-order valence-electron chi connectivity index (χ4n) is 2.69. The van der Waals surface area contributed by atoms with E-state index in [1.165, 1.54) is 25.9 Å². The van der Waals surface area contributed by atoms with Crippen LogP contribution in [0.2, 0.25) is 0 Å². The fraction of sp³-hybridized carbons (Fsp3) is 1.00. The zero-order chi connectivity index (χ0) is 7.19. The van der Waals surface area contributed by atoms with Gasteiger partial charge in [-0.2, -0.15) is 0 Å². The average Bonchev–Trinajstić information content (AvgIpc) is 1.74. The lowest BCUT2D eigenvalue weighted by atomic mass is 9.58. The largest absolute Gasteiger partial charge is 0.330 e. The molecule has 2 fully saturated rings. The molecule has 2 nitrogen and oxygen atoms in total. The van der Waals surface area contributed by atoms with Crippen molar-refractivity contribution in [1.29, 1.82) is 0 Å². The number of likely N-dealkylation sites (tertiary alicyclic amines) is 1. The summed E-state index contributed by atoms with van der Waals surface area (Å²) in [6.07, 6.45) is 2.79. The molecule has 0 aromatic carbocycles. The van der Waals surface area contributed by atoms with E-state index in [4.69, 9.17) is 5.73 Å². The Morgan fingerprint density at radius 1 is 1.50 bits per heavy atom. The molecule has 1 saturated heterocycles. The third-order valence-electron chi connectivity index (χ3n) is 2.99. The molecular weight excluding hydrogens is 124 g/mol. The maximum atomic E-state index is 5.55. The summed E-state index contributed by atoms with van der Waals surface area (Å²) >= 11 is 0. The molecule has 1 aliphatic carbocycles. The Bertz CT molecular complexity index is 130. The molecule has 10 heavy (non-hydrogen) atoms. The van der Waals surface area contributed by atoms with Crippen LogP contribution in [0.15, 0.2) is 0 Å². The second-order valence-electron chi connectivity index (χ2n) is 4.18. The predicted octanol–water partition coefficient (Wildman–Crippen LogP) is 0.287. The molecule has 0 aromatic heterocycles. The smallest absolute Gasteiger partial charge is 0.00476 e. The van der Waals surface area contributed by atoms with E-state index in [1.54, 1.807) is 0 Å². The summed E-state index contributed by atoms with van der Waals surface area (Å²) in [6, 6.07) is 0. The number of rotatable bonds is 1. The van der Waals surface area contributed by atoms with Gasteiger partial charge < -0.3 is 10.6 Å². The summed E-state index contributed by atoms with van der Waals surface area (Å²) in [5.74, 6) is 0.855. The van der Waals surface area contributed by atoms with E-state index >= 15 is 0 Å². The molecule has 2 heteroatoms. The van der Waals surface area contributed by atoms with E-state index in [2.05, 4.69) is 11.9 Å². The number of hydrogen-bond acceptors (Lipinski definition) is 2. The first-order valence-electron chi connectivity index (χ1n) is 4.13. The van der Waals surface area contributed by atoms with Crippen LogP contribution in [-0.2, 0) is 0 Å². The molecule has 2 rings (SSSR count). The molecule has 0 amide bonds. The third-order valence-corrected chi connectivity index (χ3v) is 2.99. The Labute approximate surface area is 62.4 Å². The van der Waals surface area contributed by atoms with Crippen LogP contribution in [0.1, 0.15) is 12.8 Å². The van der Waals surface area contributed by atoms with Gasteiger partial charge in [-0.05, 0) is 37.8 Å². The number of hydrogen-bond donors (Lipinski definition) is 1. The van der Waals surface area contributed by atoms with Gasteiger partial charge in [-0.15, -0.1) is 0 Å². The lowest BCUT2D eigenvalue weighted by Gasteiger charge is -2.58. The fourth-order valence-corrected chi connectivity index (χ4v) is 2.69. The van der Waals surface area contributed by atoms with E-state index in [-0.39, 0.29) is 0 Å². The monoisotopic (exact) mass is 140 g/mol. The van der Waals surface area contributed by atoms with Crippen molar-refractivity contribution in [3.05, 3.63) is 0 Å².